The number of nitrogens with zero attached hydrogens (tertiary/aromatic N) is 3. The molecule has 0 bridgehead atoms. The molecule has 1 aliphatic heterocycles. The molecule has 2 heterocycles. The number of carbonyl (C=O) groups is 2. The highest BCUT2D eigenvalue weighted by Gasteiger charge is 2.29. The van der Waals surface area contributed by atoms with E-state index in [-0.39, 0.29) is 30.0 Å². The summed E-state index contributed by atoms with van der Waals surface area (Å²) in [6.45, 7) is 1.88. The maximum absolute atomic E-state index is 13.0. The Labute approximate surface area is 180 Å². The zero-order valence-corrected chi connectivity index (χ0v) is 18.0. The highest BCUT2D eigenvalue weighted by Crippen LogP contribution is 2.32. The molecule has 1 atom stereocenters. The fourth-order valence-electron chi connectivity index (χ4n) is 3.25. The van der Waals surface area contributed by atoms with E-state index in [2.05, 4.69) is 36.4 Å². The first kappa shape index (κ1) is 19.7. The maximum atomic E-state index is 13.0. The van der Waals surface area contributed by atoms with Gasteiger partial charge in [0, 0.05) is 22.5 Å². The first-order valence-electron chi connectivity index (χ1n) is 9.04. The van der Waals surface area contributed by atoms with Crippen LogP contribution in [0.4, 0.5) is 11.4 Å². The number of carbonyl (C=O) groups excluding carboxylic acids is 2. The summed E-state index contributed by atoms with van der Waals surface area (Å²) in [5.41, 5.74) is 2.26. The van der Waals surface area contributed by atoms with Gasteiger partial charge in [0.2, 0.25) is 17.0 Å². The van der Waals surface area contributed by atoms with Crippen LogP contribution in [0.1, 0.15) is 13.3 Å². The van der Waals surface area contributed by atoms with Crippen LogP contribution in [0.2, 0.25) is 0 Å². The topological polar surface area (TPSA) is 91.0 Å². The van der Waals surface area contributed by atoms with Crippen molar-refractivity contribution in [2.75, 3.05) is 16.0 Å². The molecule has 0 spiro atoms. The fraction of sp³-hybridized carbons (Fsp3) is 0.200. The molecule has 0 aliphatic carbocycles. The number of halogens is 1. The van der Waals surface area contributed by atoms with Crippen molar-refractivity contribution < 1.29 is 9.59 Å². The molecule has 3 aromatic rings. The van der Waals surface area contributed by atoms with Crippen molar-refractivity contribution >= 4 is 50.9 Å². The van der Waals surface area contributed by atoms with Crippen LogP contribution in [0.25, 0.3) is 11.4 Å². The van der Waals surface area contributed by atoms with E-state index in [4.69, 9.17) is 0 Å². The number of benzene rings is 2. The molecule has 29 heavy (non-hydrogen) atoms. The van der Waals surface area contributed by atoms with Crippen molar-refractivity contribution in [3.05, 3.63) is 53.0 Å². The number of rotatable bonds is 4. The van der Waals surface area contributed by atoms with E-state index >= 15 is 0 Å². The lowest BCUT2D eigenvalue weighted by Gasteiger charge is -2.27. The standard InChI is InChI=1S/C20H18BrN5O2S/c1-12-10-17(27)22-15-8-4-5-9-16(15)26(12)18(28)11-29-20-23-19(24-25-20)13-6-2-3-7-14(13)21/h2-9,12H,10-11H2,1H3,(H,22,27)(H,23,24,25)/t12-/m0/s1. The summed E-state index contributed by atoms with van der Waals surface area (Å²) in [6, 6.07) is 14.8. The van der Waals surface area contributed by atoms with Crippen LogP contribution in [0, 0.1) is 0 Å². The minimum Gasteiger partial charge on any atom is -0.324 e. The van der Waals surface area contributed by atoms with Gasteiger partial charge in [-0.15, -0.1) is 5.10 Å². The summed E-state index contributed by atoms with van der Waals surface area (Å²) in [5, 5.41) is 10.5. The van der Waals surface area contributed by atoms with E-state index in [1.54, 1.807) is 11.0 Å². The lowest BCUT2D eigenvalue weighted by Crippen LogP contribution is -2.40. The van der Waals surface area contributed by atoms with Crippen LogP contribution in [-0.4, -0.2) is 38.8 Å². The summed E-state index contributed by atoms with van der Waals surface area (Å²) in [6.07, 6.45) is 0.248. The van der Waals surface area contributed by atoms with Gasteiger partial charge < -0.3 is 10.2 Å². The Bertz CT molecular complexity index is 1070. The van der Waals surface area contributed by atoms with Gasteiger partial charge in [0.25, 0.3) is 0 Å². The summed E-state index contributed by atoms with van der Waals surface area (Å²) in [5.74, 6) is 0.606. The Kier molecular flexibility index (Phi) is 5.68. The van der Waals surface area contributed by atoms with Crippen LogP contribution in [0.3, 0.4) is 0 Å². The minimum atomic E-state index is -0.241. The summed E-state index contributed by atoms with van der Waals surface area (Å²) < 4.78 is 0.913. The van der Waals surface area contributed by atoms with Crippen molar-refractivity contribution in [2.45, 2.75) is 24.5 Å². The summed E-state index contributed by atoms with van der Waals surface area (Å²) >= 11 is 4.76. The molecule has 9 heteroatoms. The van der Waals surface area contributed by atoms with Crippen LogP contribution in [0.15, 0.2) is 58.2 Å². The molecular formula is C20H18BrN5O2S. The quantitative estimate of drug-likeness (QED) is 0.559. The van der Waals surface area contributed by atoms with Gasteiger partial charge in [0.1, 0.15) is 0 Å². The number of aromatic nitrogens is 3. The van der Waals surface area contributed by atoms with Gasteiger partial charge in [0.15, 0.2) is 5.82 Å². The molecule has 1 aromatic heterocycles. The van der Waals surface area contributed by atoms with Crippen LogP contribution in [-0.2, 0) is 9.59 Å². The Morgan fingerprint density at radius 3 is 2.83 bits per heavy atom. The molecule has 0 saturated carbocycles. The van der Waals surface area contributed by atoms with Gasteiger partial charge >= 0.3 is 0 Å². The van der Waals surface area contributed by atoms with Gasteiger partial charge in [-0.2, -0.15) is 0 Å². The Hall–Kier alpha value is -2.65. The van der Waals surface area contributed by atoms with Crippen molar-refractivity contribution in [1.29, 1.82) is 0 Å². The van der Waals surface area contributed by atoms with Crippen LogP contribution >= 0.6 is 27.7 Å². The smallest absolute Gasteiger partial charge is 0.237 e. The van der Waals surface area contributed by atoms with E-state index in [0.717, 1.165) is 10.0 Å². The van der Waals surface area contributed by atoms with Gasteiger partial charge in [-0.1, -0.05) is 58.0 Å². The number of hydrogen-bond acceptors (Lipinski definition) is 5. The van der Waals surface area contributed by atoms with Gasteiger partial charge in [-0.3, -0.25) is 14.7 Å². The summed E-state index contributed by atoms with van der Waals surface area (Å²) in [7, 11) is 0. The van der Waals surface area contributed by atoms with Crippen molar-refractivity contribution in [3.63, 3.8) is 0 Å². The Balaban J connectivity index is 1.50. The number of amides is 2. The summed E-state index contributed by atoms with van der Waals surface area (Å²) in [4.78, 5) is 31.3. The predicted molar refractivity (Wildman–Crippen MR) is 117 cm³/mol. The zero-order chi connectivity index (χ0) is 20.4. The first-order valence-corrected chi connectivity index (χ1v) is 10.8. The lowest BCUT2D eigenvalue weighted by molar-refractivity contribution is -0.117. The highest BCUT2D eigenvalue weighted by atomic mass is 79.9. The van der Waals surface area contributed by atoms with Gasteiger partial charge in [-0.25, -0.2) is 4.98 Å². The third kappa shape index (κ3) is 4.20. The number of fused-ring (bicyclic) bond motifs is 1. The first-order chi connectivity index (χ1) is 14.0. The molecule has 7 nitrogen and oxygen atoms in total. The Morgan fingerprint density at radius 2 is 2.00 bits per heavy atom. The average Bonchev–Trinajstić information content (AvgIpc) is 3.12. The monoisotopic (exact) mass is 471 g/mol. The molecular weight excluding hydrogens is 454 g/mol. The third-order valence-electron chi connectivity index (χ3n) is 4.55. The van der Waals surface area contributed by atoms with Crippen LogP contribution in [0.5, 0.6) is 0 Å². The van der Waals surface area contributed by atoms with E-state index < -0.39 is 0 Å². The molecule has 0 unspecified atom stereocenters. The van der Waals surface area contributed by atoms with E-state index in [9.17, 15) is 9.59 Å². The number of anilines is 2. The van der Waals surface area contributed by atoms with E-state index in [0.29, 0.717) is 22.4 Å². The minimum absolute atomic E-state index is 0.0973. The third-order valence-corrected chi connectivity index (χ3v) is 6.07. The second kappa shape index (κ2) is 8.38. The largest absolute Gasteiger partial charge is 0.324 e. The van der Waals surface area contributed by atoms with Crippen molar-refractivity contribution in [1.82, 2.24) is 15.2 Å². The SMILES string of the molecule is C[C@H]1CC(=O)Nc2ccccc2N1C(=O)CSc1n[nH]c(-c2ccccc2Br)n1. The molecule has 2 N–H and O–H groups in total. The predicted octanol–water partition coefficient (Wildman–Crippen LogP) is 4.09. The number of nitrogens with one attached hydrogen (secondary N) is 2. The number of hydrogen-bond donors (Lipinski definition) is 2. The lowest BCUT2D eigenvalue weighted by atomic mass is 10.2. The van der Waals surface area contributed by atoms with Gasteiger partial charge in [-0.05, 0) is 25.1 Å². The molecule has 0 radical (unpaired) electrons. The molecule has 2 amide bonds. The second-order valence-corrected chi connectivity index (χ2v) is 8.41. The highest BCUT2D eigenvalue weighted by molar-refractivity contribution is 9.10. The van der Waals surface area contributed by atoms with E-state index in [1.165, 1.54) is 11.8 Å². The maximum Gasteiger partial charge on any atom is 0.237 e. The molecule has 4 rings (SSSR count). The fourth-order valence-corrected chi connectivity index (χ4v) is 4.38. The number of aromatic amines is 1. The van der Waals surface area contributed by atoms with Crippen LogP contribution < -0.4 is 10.2 Å². The molecule has 148 valence electrons. The van der Waals surface area contributed by atoms with Gasteiger partial charge in [0.05, 0.1) is 17.1 Å². The second-order valence-electron chi connectivity index (χ2n) is 6.62. The van der Waals surface area contributed by atoms with E-state index in [1.807, 2.05) is 49.4 Å². The number of thioether (sulfide) groups is 1. The molecule has 1 aliphatic rings. The van der Waals surface area contributed by atoms with Crippen molar-refractivity contribution in [3.8, 4) is 11.4 Å². The van der Waals surface area contributed by atoms with Crippen molar-refractivity contribution in [2.24, 2.45) is 0 Å². The Morgan fingerprint density at radius 1 is 1.24 bits per heavy atom. The molecule has 0 saturated heterocycles. The molecule has 0 fully saturated rings. The number of para-hydroxylation sites is 2. The number of H-pyrrole nitrogens is 1. The normalized spacial score (nSPS) is 16.1. The zero-order valence-electron chi connectivity index (χ0n) is 15.6. The average molecular weight is 472 g/mol. The molecule has 2 aromatic carbocycles.